The minimum atomic E-state index is -0.225. The molecule has 0 bridgehead atoms. The van der Waals surface area contributed by atoms with E-state index in [9.17, 15) is 0 Å². The van der Waals surface area contributed by atoms with Crippen LogP contribution >= 0.6 is 0 Å². The first-order valence-electron chi connectivity index (χ1n) is 6.29. The summed E-state index contributed by atoms with van der Waals surface area (Å²) in [5.74, 6) is 0.857. The van der Waals surface area contributed by atoms with Crippen molar-refractivity contribution in [2.24, 2.45) is 5.73 Å². The number of nitrogens with two attached hydrogens (primary N) is 1. The van der Waals surface area contributed by atoms with Crippen LogP contribution < -0.4 is 15.4 Å². The Morgan fingerprint density at radius 3 is 2.58 bits per heavy atom. The zero-order valence-electron chi connectivity index (χ0n) is 11.3. The van der Waals surface area contributed by atoms with Gasteiger partial charge in [-0.25, -0.2) is 0 Å². The molecule has 2 aromatic carbocycles. The van der Waals surface area contributed by atoms with Gasteiger partial charge in [0.2, 0.25) is 0 Å². The molecule has 4 nitrogen and oxygen atoms in total. The van der Waals surface area contributed by atoms with E-state index in [4.69, 9.17) is 15.6 Å². The van der Waals surface area contributed by atoms with Gasteiger partial charge in [-0.2, -0.15) is 0 Å². The van der Waals surface area contributed by atoms with E-state index < -0.39 is 0 Å². The predicted octanol–water partition coefficient (Wildman–Crippen LogP) is 1.60. The van der Waals surface area contributed by atoms with E-state index in [1.807, 2.05) is 36.2 Å². The van der Waals surface area contributed by atoms with Gasteiger partial charge in [0, 0.05) is 25.3 Å². The van der Waals surface area contributed by atoms with E-state index in [1.54, 1.807) is 7.11 Å². The zero-order valence-corrected chi connectivity index (χ0v) is 11.3. The zero-order chi connectivity index (χ0) is 13.8. The van der Waals surface area contributed by atoms with Gasteiger partial charge in [-0.05, 0) is 35.0 Å². The number of anilines is 1. The molecule has 4 heteroatoms. The molecule has 0 aromatic heterocycles. The Balaban J connectivity index is 2.26. The van der Waals surface area contributed by atoms with Crippen LogP contribution in [-0.4, -0.2) is 38.5 Å². The van der Waals surface area contributed by atoms with Crippen LogP contribution in [0.15, 0.2) is 36.4 Å². The molecule has 1 atom stereocenters. The van der Waals surface area contributed by atoms with Gasteiger partial charge in [0.15, 0.2) is 0 Å². The third-order valence-electron chi connectivity index (χ3n) is 3.21. The van der Waals surface area contributed by atoms with Gasteiger partial charge < -0.3 is 20.5 Å². The Hall–Kier alpha value is -1.78. The van der Waals surface area contributed by atoms with Crippen LogP contribution in [-0.2, 0) is 0 Å². The average molecular weight is 260 g/mol. The molecule has 0 saturated heterocycles. The number of aliphatic hydroxyl groups is 1. The second kappa shape index (κ2) is 5.91. The summed E-state index contributed by atoms with van der Waals surface area (Å²) in [5, 5.41) is 11.3. The highest BCUT2D eigenvalue weighted by atomic mass is 16.5. The summed E-state index contributed by atoms with van der Waals surface area (Å²) in [6.07, 6.45) is 0. The number of nitrogens with zero attached hydrogens (tertiary/aromatic N) is 1. The van der Waals surface area contributed by atoms with Crippen LogP contribution in [0.2, 0.25) is 0 Å². The van der Waals surface area contributed by atoms with Crippen molar-refractivity contribution in [3.05, 3.63) is 36.4 Å². The molecular formula is C15H20N2O2. The number of hydrogen-bond acceptors (Lipinski definition) is 4. The molecule has 0 saturated carbocycles. The van der Waals surface area contributed by atoms with Crippen LogP contribution in [0.3, 0.4) is 0 Å². The fourth-order valence-electron chi connectivity index (χ4n) is 2.09. The van der Waals surface area contributed by atoms with Crippen LogP contribution in [0, 0.1) is 0 Å². The second-order valence-corrected chi connectivity index (χ2v) is 4.72. The molecule has 0 amide bonds. The lowest BCUT2D eigenvalue weighted by atomic mass is 10.1. The lowest BCUT2D eigenvalue weighted by Gasteiger charge is -2.22. The number of hydrogen-bond donors (Lipinski definition) is 2. The maximum atomic E-state index is 8.99. The third-order valence-corrected chi connectivity index (χ3v) is 3.21. The lowest BCUT2D eigenvalue weighted by Crippen LogP contribution is -2.37. The van der Waals surface area contributed by atoms with Crippen LogP contribution in [0.5, 0.6) is 5.75 Å². The molecule has 0 spiro atoms. The summed E-state index contributed by atoms with van der Waals surface area (Å²) in [6, 6.07) is 12.0. The first kappa shape index (κ1) is 13.6. The van der Waals surface area contributed by atoms with Gasteiger partial charge in [-0.1, -0.05) is 12.1 Å². The van der Waals surface area contributed by atoms with Crippen LogP contribution in [0.25, 0.3) is 10.8 Å². The average Bonchev–Trinajstić information content (AvgIpc) is 2.45. The molecule has 2 rings (SSSR count). The molecule has 102 valence electrons. The third kappa shape index (κ3) is 3.16. The molecule has 0 aliphatic heterocycles. The standard InChI is InChI=1S/C15H20N2O2/c1-17(9-13(16)10-18)14-5-3-12-8-15(19-2)6-4-11(12)7-14/h3-8,13,18H,9-10,16H2,1-2H3. The number of ether oxygens (including phenoxy) is 1. The summed E-state index contributed by atoms with van der Waals surface area (Å²) in [7, 11) is 3.64. The summed E-state index contributed by atoms with van der Waals surface area (Å²) in [4.78, 5) is 2.05. The van der Waals surface area contributed by atoms with Crippen LogP contribution in [0.4, 0.5) is 5.69 Å². The molecule has 2 aromatic rings. The summed E-state index contributed by atoms with van der Waals surface area (Å²) in [6.45, 7) is 0.618. The van der Waals surface area contributed by atoms with Crippen molar-refractivity contribution >= 4 is 16.5 Å². The molecule has 0 heterocycles. The topological polar surface area (TPSA) is 58.7 Å². The van der Waals surface area contributed by atoms with E-state index in [2.05, 4.69) is 12.1 Å². The number of aliphatic hydroxyl groups excluding tert-OH is 1. The number of benzene rings is 2. The Bertz CT molecular complexity index is 557. The fraction of sp³-hybridized carbons (Fsp3) is 0.333. The van der Waals surface area contributed by atoms with Crippen molar-refractivity contribution in [2.45, 2.75) is 6.04 Å². The Morgan fingerprint density at radius 1 is 1.21 bits per heavy atom. The van der Waals surface area contributed by atoms with Crippen molar-refractivity contribution in [1.29, 1.82) is 0 Å². The number of fused-ring (bicyclic) bond motifs is 1. The molecule has 0 radical (unpaired) electrons. The van der Waals surface area contributed by atoms with Gasteiger partial charge in [-0.3, -0.25) is 0 Å². The van der Waals surface area contributed by atoms with E-state index in [1.165, 1.54) is 0 Å². The Labute approximate surface area is 113 Å². The van der Waals surface area contributed by atoms with Crippen LogP contribution in [0.1, 0.15) is 0 Å². The smallest absolute Gasteiger partial charge is 0.119 e. The quantitative estimate of drug-likeness (QED) is 0.857. The summed E-state index contributed by atoms with van der Waals surface area (Å²) in [5.41, 5.74) is 6.84. The van der Waals surface area contributed by atoms with E-state index in [0.29, 0.717) is 6.54 Å². The largest absolute Gasteiger partial charge is 0.497 e. The molecule has 0 aliphatic carbocycles. The molecule has 19 heavy (non-hydrogen) atoms. The van der Waals surface area contributed by atoms with E-state index in [0.717, 1.165) is 22.2 Å². The van der Waals surface area contributed by atoms with Crippen molar-refractivity contribution < 1.29 is 9.84 Å². The van der Waals surface area contributed by atoms with Gasteiger partial charge >= 0.3 is 0 Å². The highest BCUT2D eigenvalue weighted by molar-refractivity contribution is 5.87. The Morgan fingerprint density at radius 2 is 1.89 bits per heavy atom. The first-order chi connectivity index (χ1) is 9.13. The number of likely N-dealkylation sites (N-methyl/N-ethyl adjacent to an activating group) is 1. The summed E-state index contributed by atoms with van der Waals surface area (Å²) >= 11 is 0. The van der Waals surface area contributed by atoms with E-state index in [-0.39, 0.29) is 12.6 Å². The monoisotopic (exact) mass is 260 g/mol. The fourth-order valence-corrected chi connectivity index (χ4v) is 2.09. The highest BCUT2D eigenvalue weighted by Crippen LogP contribution is 2.25. The maximum Gasteiger partial charge on any atom is 0.119 e. The number of rotatable bonds is 5. The predicted molar refractivity (Wildman–Crippen MR) is 78.8 cm³/mol. The molecule has 1 unspecified atom stereocenters. The highest BCUT2D eigenvalue weighted by Gasteiger charge is 2.07. The normalized spacial score (nSPS) is 12.4. The van der Waals surface area contributed by atoms with Crippen molar-refractivity contribution in [1.82, 2.24) is 0 Å². The number of methoxy groups -OCH3 is 1. The van der Waals surface area contributed by atoms with Crippen molar-refractivity contribution in [3.63, 3.8) is 0 Å². The second-order valence-electron chi connectivity index (χ2n) is 4.72. The minimum absolute atomic E-state index is 0.00484. The molecule has 0 fully saturated rings. The van der Waals surface area contributed by atoms with Crippen molar-refractivity contribution in [2.75, 3.05) is 32.2 Å². The summed E-state index contributed by atoms with van der Waals surface area (Å²) < 4.78 is 5.21. The van der Waals surface area contributed by atoms with Crippen molar-refractivity contribution in [3.8, 4) is 5.75 Å². The lowest BCUT2D eigenvalue weighted by molar-refractivity contribution is 0.267. The molecule has 0 aliphatic rings. The minimum Gasteiger partial charge on any atom is -0.497 e. The first-order valence-corrected chi connectivity index (χ1v) is 6.29. The maximum absolute atomic E-state index is 8.99. The molecule has 3 N–H and O–H groups in total. The van der Waals surface area contributed by atoms with Gasteiger partial charge in [0.25, 0.3) is 0 Å². The SMILES string of the molecule is COc1ccc2cc(N(C)CC(N)CO)ccc2c1. The van der Waals surface area contributed by atoms with E-state index >= 15 is 0 Å². The Kier molecular flexibility index (Phi) is 4.24. The van der Waals surface area contributed by atoms with Gasteiger partial charge in [0.1, 0.15) is 5.75 Å². The van der Waals surface area contributed by atoms with Gasteiger partial charge in [0.05, 0.1) is 13.7 Å². The van der Waals surface area contributed by atoms with Gasteiger partial charge in [-0.15, -0.1) is 0 Å². The molecular weight excluding hydrogens is 240 g/mol.